The number of nitrogens with one attached hydrogen (secondary N) is 2. The van der Waals surface area contributed by atoms with Crippen LogP contribution in [-0.4, -0.2) is 47.9 Å². The van der Waals surface area contributed by atoms with Crippen LogP contribution in [0.4, 0.5) is 0 Å². The van der Waals surface area contributed by atoms with Gasteiger partial charge in [0, 0.05) is 60.2 Å². The maximum atomic E-state index is 12.7. The number of ether oxygens (including phenoxy) is 1. The Balaban J connectivity index is 1.35. The van der Waals surface area contributed by atoms with Crippen molar-refractivity contribution >= 4 is 28.7 Å². The molecule has 1 aliphatic rings. The number of methoxy groups -OCH3 is 1. The number of hydrogen-bond donors (Lipinski definition) is 2. The number of amides is 2. The Morgan fingerprint density at radius 2 is 1.90 bits per heavy atom. The number of rotatable bonds is 6. The number of aromatic nitrogens is 1. The van der Waals surface area contributed by atoms with Gasteiger partial charge < -0.3 is 19.9 Å². The predicted molar refractivity (Wildman–Crippen MR) is 117 cm³/mol. The van der Waals surface area contributed by atoms with E-state index in [1.54, 1.807) is 18.2 Å². The van der Waals surface area contributed by atoms with Crippen LogP contribution in [0.2, 0.25) is 0 Å². The van der Waals surface area contributed by atoms with Crippen LogP contribution in [-0.2, 0) is 22.5 Å². The average molecular weight is 419 g/mol. The quantitative estimate of drug-likeness (QED) is 0.475. The Morgan fingerprint density at radius 1 is 1.10 bits per heavy atom. The minimum absolute atomic E-state index is 0.0677. The van der Waals surface area contributed by atoms with Crippen LogP contribution in [0.3, 0.4) is 0 Å². The lowest BCUT2D eigenvalue weighted by molar-refractivity contribution is -0.132. The molecule has 0 bridgehead atoms. The van der Waals surface area contributed by atoms with Gasteiger partial charge in [0.05, 0.1) is 12.7 Å². The molecule has 4 rings (SSSR count). The Morgan fingerprint density at radius 3 is 2.68 bits per heavy atom. The summed E-state index contributed by atoms with van der Waals surface area (Å²) in [5.74, 6) is -0.438. The SMILES string of the molecule is COC(=O)c1ccc2[nH]c3c(c2c1)CN(C(=O)CCCNC(=O)c1ccccc1)CC3. The molecule has 2 aromatic carbocycles. The van der Waals surface area contributed by atoms with Gasteiger partial charge in [-0.2, -0.15) is 0 Å². The standard InChI is InChI=1S/C24H25N3O4/c1-31-24(30)17-9-10-20-18(14-17)19-15-27(13-11-21(19)26-20)22(28)8-5-12-25-23(29)16-6-3-2-4-7-16/h2-4,6-7,9-10,14,26H,5,8,11-13,15H2,1H3,(H,25,29). The zero-order chi connectivity index (χ0) is 21.8. The second-order valence-electron chi connectivity index (χ2n) is 7.62. The molecule has 2 amide bonds. The summed E-state index contributed by atoms with van der Waals surface area (Å²) >= 11 is 0. The van der Waals surface area contributed by atoms with E-state index in [9.17, 15) is 14.4 Å². The molecule has 0 aliphatic carbocycles. The van der Waals surface area contributed by atoms with Gasteiger partial charge in [-0.25, -0.2) is 4.79 Å². The Labute approximate surface area is 180 Å². The van der Waals surface area contributed by atoms with Crippen LogP contribution in [0, 0.1) is 0 Å². The largest absolute Gasteiger partial charge is 0.465 e. The summed E-state index contributed by atoms with van der Waals surface area (Å²) in [6.07, 6.45) is 1.70. The first kappa shape index (κ1) is 20.7. The van der Waals surface area contributed by atoms with E-state index in [4.69, 9.17) is 4.74 Å². The van der Waals surface area contributed by atoms with Crippen molar-refractivity contribution in [3.8, 4) is 0 Å². The Kier molecular flexibility index (Phi) is 6.02. The minimum Gasteiger partial charge on any atom is -0.465 e. The van der Waals surface area contributed by atoms with Gasteiger partial charge in [0.1, 0.15) is 0 Å². The summed E-state index contributed by atoms with van der Waals surface area (Å²) in [4.78, 5) is 41.9. The van der Waals surface area contributed by atoms with Crippen LogP contribution >= 0.6 is 0 Å². The van der Waals surface area contributed by atoms with Crippen LogP contribution in [0.25, 0.3) is 10.9 Å². The van der Waals surface area contributed by atoms with Crippen molar-refractivity contribution in [3.05, 3.63) is 70.9 Å². The average Bonchev–Trinajstić information content (AvgIpc) is 3.18. The highest BCUT2D eigenvalue weighted by molar-refractivity contribution is 5.96. The molecule has 0 unspecified atom stereocenters. The second-order valence-corrected chi connectivity index (χ2v) is 7.62. The third-order valence-electron chi connectivity index (χ3n) is 5.64. The van der Waals surface area contributed by atoms with Crippen molar-refractivity contribution in [1.82, 2.24) is 15.2 Å². The number of aromatic amines is 1. The third kappa shape index (κ3) is 4.45. The zero-order valence-electron chi connectivity index (χ0n) is 17.4. The van der Waals surface area contributed by atoms with E-state index < -0.39 is 0 Å². The summed E-state index contributed by atoms with van der Waals surface area (Å²) in [5, 5.41) is 3.81. The van der Waals surface area contributed by atoms with Gasteiger partial charge in [-0.1, -0.05) is 18.2 Å². The monoisotopic (exact) mass is 419 g/mol. The van der Waals surface area contributed by atoms with Gasteiger partial charge in [-0.05, 0) is 36.8 Å². The fraction of sp³-hybridized carbons (Fsp3) is 0.292. The molecule has 0 spiro atoms. The topological polar surface area (TPSA) is 91.5 Å². The Bertz CT molecular complexity index is 1120. The molecule has 1 aromatic heterocycles. The number of benzene rings is 2. The summed E-state index contributed by atoms with van der Waals surface area (Å²) in [5.41, 5.74) is 4.22. The van der Waals surface area contributed by atoms with E-state index >= 15 is 0 Å². The van der Waals surface area contributed by atoms with Crippen LogP contribution in [0.5, 0.6) is 0 Å². The van der Waals surface area contributed by atoms with E-state index in [1.807, 2.05) is 35.2 Å². The van der Waals surface area contributed by atoms with Crippen molar-refractivity contribution in [2.75, 3.05) is 20.2 Å². The van der Waals surface area contributed by atoms with E-state index in [-0.39, 0.29) is 17.8 Å². The van der Waals surface area contributed by atoms with Crippen LogP contribution < -0.4 is 5.32 Å². The molecule has 160 valence electrons. The van der Waals surface area contributed by atoms with Gasteiger partial charge in [0.15, 0.2) is 0 Å². The van der Waals surface area contributed by atoms with Crippen molar-refractivity contribution in [3.63, 3.8) is 0 Å². The normalized spacial score (nSPS) is 13.0. The first-order valence-electron chi connectivity index (χ1n) is 10.4. The summed E-state index contributed by atoms with van der Waals surface area (Å²) in [6, 6.07) is 14.5. The van der Waals surface area contributed by atoms with E-state index in [0.29, 0.717) is 43.6 Å². The Hall–Kier alpha value is -3.61. The number of nitrogens with zero attached hydrogens (tertiary/aromatic N) is 1. The first-order chi connectivity index (χ1) is 15.1. The summed E-state index contributed by atoms with van der Waals surface area (Å²) < 4.78 is 4.82. The fourth-order valence-electron chi connectivity index (χ4n) is 3.96. The number of carbonyl (C=O) groups excluding carboxylic acids is 3. The van der Waals surface area contributed by atoms with Crippen molar-refractivity contribution in [2.24, 2.45) is 0 Å². The summed E-state index contributed by atoms with van der Waals surface area (Å²) in [7, 11) is 1.36. The molecule has 7 heteroatoms. The molecule has 2 N–H and O–H groups in total. The molecule has 7 nitrogen and oxygen atoms in total. The number of hydrogen-bond acceptors (Lipinski definition) is 4. The van der Waals surface area contributed by atoms with Gasteiger partial charge in [-0.3, -0.25) is 9.59 Å². The van der Waals surface area contributed by atoms with E-state index in [1.165, 1.54) is 7.11 Å². The van der Waals surface area contributed by atoms with Crippen molar-refractivity contribution < 1.29 is 19.1 Å². The highest BCUT2D eigenvalue weighted by atomic mass is 16.5. The highest BCUT2D eigenvalue weighted by Gasteiger charge is 2.24. The molecule has 0 saturated heterocycles. The number of esters is 1. The van der Waals surface area contributed by atoms with E-state index in [2.05, 4.69) is 10.3 Å². The molecule has 0 radical (unpaired) electrons. The van der Waals surface area contributed by atoms with Crippen molar-refractivity contribution in [1.29, 1.82) is 0 Å². The second kappa shape index (κ2) is 9.04. The van der Waals surface area contributed by atoms with Gasteiger partial charge in [-0.15, -0.1) is 0 Å². The van der Waals surface area contributed by atoms with Gasteiger partial charge >= 0.3 is 5.97 Å². The molecule has 0 saturated carbocycles. The molecular formula is C24H25N3O4. The number of H-pyrrole nitrogens is 1. The molecule has 3 aromatic rings. The van der Waals surface area contributed by atoms with Gasteiger partial charge in [0.25, 0.3) is 5.91 Å². The minimum atomic E-state index is -0.377. The van der Waals surface area contributed by atoms with Gasteiger partial charge in [0.2, 0.25) is 5.91 Å². The van der Waals surface area contributed by atoms with Crippen molar-refractivity contribution in [2.45, 2.75) is 25.8 Å². The maximum absolute atomic E-state index is 12.7. The third-order valence-corrected chi connectivity index (χ3v) is 5.64. The first-order valence-corrected chi connectivity index (χ1v) is 10.4. The summed E-state index contributed by atoms with van der Waals surface area (Å²) in [6.45, 7) is 1.61. The lowest BCUT2D eigenvalue weighted by Crippen LogP contribution is -2.36. The molecule has 31 heavy (non-hydrogen) atoms. The zero-order valence-corrected chi connectivity index (χ0v) is 17.4. The molecular weight excluding hydrogens is 394 g/mol. The molecule has 2 heterocycles. The van der Waals surface area contributed by atoms with Crippen LogP contribution in [0.1, 0.15) is 44.8 Å². The lowest BCUT2D eigenvalue weighted by atomic mass is 10.0. The van der Waals surface area contributed by atoms with E-state index in [0.717, 1.165) is 28.6 Å². The molecule has 1 aliphatic heterocycles. The number of fused-ring (bicyclic) bond motifs is 3. The molecule has 0 atom stereocenters. The van der Waals surface area contributed by atoms with Crippen LogP contribution in [0.15, 0.2) is 48.5 Å². The molecule has 0 fully saturated rings. The smallest absolute Gasteiger partial charge is 0.337 e. The number of carbonyl (C=O) groups is 3. The lowest BCUT2D eigenvalue weighted by Gasteiger charge is -2.27. The highest BCUT2D eigenvalue weighted by Crippen LogP contribution is 2.29. The maximum Gasteiger partial charge on any atom is 0.337 e. The predicted octanol–water partition coefficient (Wildman–Crippen LogP) is 3.05. The fourth-order valence-corrected chi connectivity index (χ4v) is 3.96.